The van der Waals surface area contributed by atoms with Gasteiger partial charge in [0.1, 0.15) is 5.75 Å². The quantitative estimate of drug-likeness (QED) is 0.860. The fourth-order valence-electron chi connectivity index (χ4n) is 1.86. The minimum absolute atomic E-state index is 0.136. The Balaban J connectivity index is 1.99. The van der Waals surface area contributed by atoms with Crippen LogP contribution in [0.15, 0.2) is 27.2 Å². The summed E-state index contributed by atoms with van der Waals surface area (Å²) < 4.78 is 11.7. The third-order valence-electron chi connectivity index (χ3n) is 2.91. The summed E-state index contributed by atoms with van der Waals surface area (Å²) in [5.74, 6) is 2.16. The van der Waals surface area contributed by atoms with E-state index in [4.69, 9.17) is 15.0 Å². The number of aromatic nitrogens is 2. The molecule has 0 aliphatic carbocycles. The average Bonchev–Trinajstić information content (AvgIpc) is 2.86. The van der Waals surface area contributed by atoms with E-state index in [0.29, 0.717) is 11.7 Å². The molecule has 0 saturated heterocycles. The number of hydrogen-bond donors (Lipinski definition) is 1. The Bertz CT molecular complexity index is 596. The van der Waals surface area contributed by atoms with E-state index in [1.54, 1.807) is 0 Å². The second kappa shape index (κ2) is 7.04. The van der Waals surface area contributed by atoms with Gasteiger partial charge in [-0.2, -0.15) is 4.98 Å². The van der Waals surface area contributed by atoms with Crippen molar-refractivity contribution in [2.75, 3.05) is 0 Å². The van der Waals surface area contributed by atoms with E-state index in [1.165, 1.54) is 5.56 Å². The molecule has 0 aliphatic heterocycles. The van der Waals surface area contributed by atoms with Crippen molar-refractivity contribution in [1.82, 2.24) is 10.1 Å². The van der Waals surface area contributed by atoms with E-state index in [1.807, 2.05) is 39.0 Å². The molecule has 1 atom stereocenters. The number of rotatable bonds is 6. The van der Waals surface area contributed by atoms with E-state index >= 15 is 0 Å². The highest BCUT2D eigenvalue weighted by atomic mass is 79.9. The lowest BCUT2D eigenvalue weighted by Gasteiger charge is -2.09. The van der Waals surface area contributed by atoms with E-state index in [0.717, 1.165) is 16.6 Å². The van der Waals surface area contributed by atoms with E-state index in [2.05, 4.69) is 26.1 Å². The van der Waals surface area contributed by atoms with Crippen LogP contribution >= 0.6 is 15.9 Å². The fourth-order valence-corrected chi connectivity index (χ4v) is 2.40. The van der Waals surface area contributed by atoms with Crippen molar-refractivity contribution in [1.29, 1.82) is 0 Å². The van der Waals surface area contributed by atoms with Crippen LogP contribution in [0.3, 0.4) is 0 Å². The highest BCUT2D eigenvalue weighted by molar-refractivity contribution is 9.10. The lowest BCUT2D eigenvalue weighted by Crippen LogP contribution is -2.17. The zero-order valence-electron chi connectivity index (χ0n) is 12.5. The van der Waals surface area contributed by atoms with Crippen molar-refractivity contribution in [3.8, 4) is 5.75 Å². The van der Waals surface area contributed by atoms with Crippen LogP contribution in [0.5, 0.6) is 5.75 Å². The van der Waals surface area contributed by atoms with Crippen LogP contribution < -0.4 is 10.5 Å². The van der Waals surface area contributed by atoms with Gasteiger partial charge in [-0.1, -0.05) is 25.1 Å². The summed E-state index contributed by atoms with van der Waals surface area (Å²) in [5, 5.41) is 3.91. The van der Waals surface area contributed by atoms with E-state index in [9.17, 15) is 0 Å². The number of benzene rings is 1. The molecule has 0 bridgehead atoms. The third kappa shape index (κ3) is 4.54. The normalized spacial score (nSPS) is 12.7. The zero-order chi connectivity index (χ0) is 15.4. The first-order valence-electron chi connectivity index (χ1n) is 6.95. The Morgan fingerprint density at radius 1 is 1.33 bits per heavy atom. The lowest BCUT2D eigenvalue weighted by molar-refractivity contribution is 0.241. The molecule has 0 amide bonds. The summed E-state index contributed by atoms with van der Waals surface area (Å²) in [6.45, 7) is 6.28. The minimum Gasteiger partial charge on any atom is -0.483 e. The minimum atomic E-state index is 0.136. The average molecular weight is 354 g/mol. The molecule has 5 nitrogen and oxygen atoms in total. The molecule has 0 saturated carbocycles. The van der Waals surface area contributed by atoms with Gasteiger partial charge < -0.3 is 15.0 Å². The Kier molecular flexibility index (Phi) is 5.36. The SMILES string of the molecule is CC(N)Cc1ccc(OCc2nc(C(C)C)no2)c(Br)c1. The topological polar surface area (TPSA) is 74.2 Å². The first-order chi connectivity index (χ1) is 9.95. The van der Waals surface area contributed by atoms with Gasteiger partial charge in [-0.3, -0.25) is 0 Å². The zero-order valence-corrected chi connectivity index (χ0v) is 14.1. The van der Waals surface area contributed by atoms with E-state index in [-0.39, 0.29) is 18.6 Å². The Morgan fingerprint density at radius 2 is 2.10 bits per heavy atom. The standard InChI is InChI=1S/C15H20BrN3O2/c1-9(2)15-18-14(21-19-15)8-20-13-5-4-11(6-10(3)17)7-12(13)16/h4-5,7,9-10H,6,8,17H2,1-3H3. The van der Waals surface area contributed by atoms with Crippen molar-refractivity contribution >= 4 is 15.9 Å². The smallest absolute Gasteiger partial charge is 0.264 e. The Hall–Kier alpha value is -1.40. The summed E-state index contributed by atoms with van der Waals surface area (Å²) in [4.78, 5) is 4.28. The fraction of sp³-hybridized carbons (Fsp3) is 0.467. The number of hydrogen-bond acceptors (Lipinski definition) is 5. The van der Waals surface area contributed by atoms with Gasteiger partial charge in [0, 0.05) is 12.0 Å². The van der Waals surface area contributed by atoms with Crippen molar-refractivity contribution in [3.05, 3.63) is 40.0 Å². The van der Waals surface area contributed by atoms with Gasteiger partial charge in [-0.05, 0) is 47.0 Å². The first-order valence-corrected chi connectivity index (χ1v) is 7.74. The first kappa shape index (κ1) is 16.0. The molecular formula is C15H20BrN3O2. The predicted molar refractivity (Wildman–Crippen MR) is 84.2 cm³/mol. The Labute approximate surface area is 133 Å². The van der Waals surface area contributed by atoms with Crippen LogP contribution in [-0.2, 0) is 13.0 Å². The molecular weight excluding hydrogens is 334 g/mol. The molecule has 1 aromatic heterocycles. The summed E-state index contributed by atoms with van der Waals surface area (Å²) >= 11 is 3.51. The Morgan fingerprint density at radius 3 is 2.67 bits per heavy atom. The summed E-state index contributed by atoms with van der Waals surface area (Å²) in [6, 6.07) is 6.08. The van der Waals surface area contributed by atoms with Gasteiger partial charge in [0.15, 0.2) is 12.4 Å². The van der Waals surface area contributed by atoms with Gasteiger partial charge in [0.25, 0.3) is 5.89 Å². The van der Waals surface area contributed by atoms with Crippen LogP contribution in [0.4, 0.5) is 0 Å². The molecule has 1 aromatic carbocycles. The maximum absolute atomic E-state index is 5.80. The van der Waals surface area contributed by atoms with Gasteiger partial charge in [0.2, 0.25) is 0 Å². The summed E-state index contributed by atoms with van der Waals surface area (Å²) in [6.07, 6.45) is 0.834. The maximum atomic E-state index is 5.80. The molecule has 0 aliphatic rings. The van der Waals surface area contributed by atoms with Crippen molar-refractivity contribution in [2.45, 2.75) is 45.8 Å². The molecule has 6 heteroatoms. The molecule has 0 spiro atoms. The van der Waals surface area contributed by atoms with Gasteiger partial charge in [-0.15, -0.1) is 0 Å². The van der Waals surface area contributed by atoms with Gasteiger partial charge >= 0.3 is 0 Å². The molecule has 0 radical (unpaired) electrons. The maximum Gasteiger partial charge on any atom is 0.264 e. The summed E-state index contributed by atoms with van der Waals surface area (Å²) in [5.41, 5.74) is 6.97. The molecule has 2 aromatic rings. The molecule has 114 valence electrons. The predicted octanol–water partition coefficient (Wildman–Crippen LogP) is 3.42. The number of ether oxygens (including phenoxy) is 1. The second-order valence-electron chi connectivity index (χ2n) is 5.44. The van der Waals surface area contributed by atoms with Crippen LogP contribution in [0.25, 0.3) is 0 Å². The largest absolute Gasteiger partial charge is 0.483 e. The lowest BCUT2D eigenvalue weighted by atomic mass is 10.1. The third-order valence-corrected chi connectivity index (χ3v) is 3.53. The molecule has 2 N–H and O–H groups in total. The number of nitrogens with two attached hydrogens (primary N) is 1. The van der Waals surface area contributed by atoms with Crippen LogP contribution in [-0.4, -0.2) is 16.2 Å². The number of nitrogens with zero attached hydrogens (tertiary/aromatic N) is 2. The van der Waals surface area contributed by atoms with Crippen molar-refractivity contribution < 1.29 is 9.26 Å². The highest BCUT2D eigenvalue weighted by Crippen LogP contribution is 2.27. The molecule has 1 unspecified atom stereocenters. The van der Waals surface area contributed by atoms with Gasteiger partial charge in [0.05, 0.1) is 4.47 Å². The molecule has 0 fully saturated rings. The monoisotopic (exact) mass is 353 g/mol. The molecule has 21 heavy (non-hydrogen) atoms. The van der Waals surface area contributed by atoms with Crippen molar-refractivity contribution in [2.24, 2.45) is 5.73 Å². The van der Waals surface area contributed by atoms with Crippen LogP contribution in [0.2, 0.25) is 0 Å². The highest BCUT2D eigenvalue weighted by Gasteiger charge is 2.11. The number of halogens is 1. The van der Waals surface area contributed by atoms with Crippen molar-refractivity contribution in [3.63, 3.8) is 0 Å². The molecule has 2 rings (SSSR count). The molecule has 1 heterocycles. The van der Waals surface area contributed by atoms with Gasteiger partial charge in [-0.25, -0.2) is 0 Å². The van der Waals surface area contributed by atoms with E-state index < -0.39 is 0 Å². The van der Waals surface area contributed by atoms with Crippen LogP contribution in [0.1, 0.15) is 44.0 Å². The second-order valence-corrected chi connectivity index (χ2v) is 6.29. The summed E-state index contributed by atoms with van der Waals surface area (Å²) in [7, 11) is 0. The van der Waals surface area contributed by atoms with Crippen LogP contribution in [0, 0.1) is 0 Å².